The maximum absolute atomic E-state index is 12.9. The molecule has 0 rings (SSSR count). The van der Waals surface area contributed by atoms with Gasteiger partial charge in [0.05, 0.1) is 39.9 Å². The van der Waals surface area contributed by atoms with Crippen molar-refractivity contribution in [2.45, 2.75) is 219 Å². The van der Waals surface area contributed by atoms with Gasteiger partial charge in [-0.15, -0.1) is 0 Å². The summed E-state index contributed by atoms with van der Waals surface area (Å²) in [4.78, 5) is 25.5. The first-order valence-corrected chi connectivity index (χ1v) is 28.0. The number of carbonyl (C=O) groups is 1. The third-order valence-electron chi connectivity index (χ3n) is 11.3. The molecule has 0 heterocycles. The molecule has 66 heavy (non-hydrogen) atoms. The van der Waals surface area contributed by atoms with Gasteiger partial charge in [0, 0.05) is 6.42 Å². The fraction of sp³-hybridized carbons (Fsp3) is 0.702. The summed E-state index contributed by atoms with van der Waals surface area (Å²) in [5.41, 5.74) is 0. The number of phosphoric acid groups is 1. The molecule has 0 fully saturated rings. The molecule has 0 aliphatic rings. The number of phosphoric ester groups is 1. The molecule has 0 saturated heterocycles. The highest BCUT2D eigenvalue weighted by atomic mass is 31.2. The van der Waals surface area contributed by atoms with Gasteiger partial charge in [0.1, 0.15) is 13.2 Å². The number of amides is 1. The van der Waals surface area contributed by atoms with Crippen molar-refractivity contribution in [1.29, 1.82) is 0 Å². The number of unbranched alkanes of at least 4 members (excludes halogenated alkanes) is 18. The molecule has 8 nitrogen and oxygen atoms in total. The van der Waals surface area contributed by atoms with E-state index in [0.29, 0.717) is 30.3 Å². The van der Waals surface area contributed by atoms with Crippen LogP contribution in [0.2, 0.25) is 0 Å². The summed E-state index contributed by atoms with van der Waals surface area (Å²) < 4.78 is 23.3. The normalized spacial score (nSPS) is 14.8. The highest BCUT2D eigenvalue weighted by Crippen LogP contribution is 2.38. The molecule has 0 aromatic rings. The molecular weight excluding hydrogens is 840 g/mol. The van der Waals surface area contributed by atoms with Crippen molar-refractivity contribution in [3.05, 3.63) is 97.2 Å². The number of hydrogen-bond donors (Lipinski definition) is 2. The zero-order valence-electron chi connectivity index (χ0n) is 43.1. The average Bonchev–Trinajstić information content (AvgIpc) is 3.28. The molecule has 0 aliphatic heterocycles. The summed E-state index contributed by atoms with van der Waals surface area (Å²) in [5.74, 6) is -0.210. The van der Waals surface area contributed by atoms with Gasteiger partial charge in [-0.1, -0.05) is 220 Å². The lowest BCUT2D eigenvalue weighted by Gasteiger charge is -2.30. The lowest BCUT2D eigenvalue weighted by atomic mass is 10.0. The molecule has 3 atom stereocenters. The van der Waals surface area contributed by atoms with Crippen molar-refractivity contribution in [1.82, 2.24) is 5.32 Å². The number of carbonyl (C=O) groups excluding carboxylic acids is 1. The smallest absolute Gasteiger partial charge is 0.268 e. The summed E-state index contributed by atoms with van der Waals surface area (Å²) in [6.45, 7) is 4.57. The maximum atomic E-state index is 12.9. The fourth-order valence-electron chi connectivity index (χ4n) is 7.17. The van der Waals surface area contributed by atoms with Crippen molar-refractivity contribution in [3.63, 3.8) is 0 Å². The quantitative estimate of drug-likeness (QED) is 0.0272. The van der Waals surface area contributed by atoms with Crippen LogP contribution >= 0.6 is 7.82 Å². The van der Waals surface area contributed by atoms with Crippen LogP contribution < -0.4 is 10.2 Å². The Hall–Kier alpha value is -2.58. The minimum absolute atomic E-state index is 0.00182. The Morgan fingerprint density at radius 2 is 0.924 bits per heavy atom. The van der Waals surface area contributed by atoms with E-state index < -0.39 is 20.0 Å². The van der Waals surface area contributed by atoms with E-state index in [9.17, 15) is 19.4 Å². The van der Waals surface area contributed by atoms with Crippen molar-refractivity contribution in [2.24, 2.45) is 0 Å². The second-order valence-electron chi connectivity index (χ2n) is 18.9. The number of hydrogen-bond acceptors (Lipinski definition) is 6. The van der Waals surface area contributed by atoms with Gasteiger partial charge >= 0.3 is 0 Å². The SMILES string of the molecule is CC/C=C\C/C=C\C/C=C\C/C=C\C/C=C\C/C=C\C/C=C\C/C=C\CCCCC(=O)NC(COP(=O)([O-])OCC[N+](C)(C)C)C(O)CCCCCCCCCCCCCCCCCCC. The lowest BCUT2D eigenvalue weighted by molar-refractivity contribution is -0.870. The Kier molecular flexibility index (Phi) is 45.6. The molecule has 0 radical (unpaired) electrons. The number of quaternary nitrogens is 1. The minimum Gasteiger partial charge on any atom is -0.756 e. The molecule has 3 unspecified atom stereocenters. The fourth-order valence-corrected chi connectivity index (χ4v) is 7.90. The van der Waals surface area contributed by atoms with Gasteiger partial charge in [0.2, 0.25) is 5.91 Å². The molecule has 0 aliphatic carbocycles. The van der Waals surface area contributed by atoms with E-state index in [2.05, 4.69) is 116 Å². The van der Waals surface area contributed by atoms with Gasteiger partial charge in [0.25, 0.3) is 7.82 Å². The van der Waals surface area contributed by atoms with Crippen molar-refractivity contribution in [3.8, 4) is 0 Å². The second-order valence-corrected chi connectivity index (χ2v) is 20.3. The molecule has 0 bridgehead atoms. The van der Waals surface area contributed by atoms with Gasteiger partial charge in [-0.05, 0) is 77.0 Å². The van der Waals surface area contributed by atoms with Crippen LogP contribution in [0.15, 0.2) is 97.2 Å². The predicted octanol–water partition coefficient (Wildman–Crippen LogP) is 15.2. The molecule has 2 N–H and O–H groups in total. The number of likely N-dealkylation sites (N-methyl/N-ethyl adjacent to an activating group) is 1. The van der Waals surface area contributed by atoms with E-state index in [0.717, 1.165) is 83.5 Å². The Morgan fingerprint density at radius 3 is 1.32 bits per heavy atom. The monoisotopic (exact) mass is 941 g/mol. The van der Waals surface area contributed by atoms with Crippen molar-refractivity contribution >= 4 is 13.7 Å². The number of nitrogens with one attached hydrogen (secondary N) is 1. The van der Waals surface area contributed by atoms with Crippen LogP contribution in [0.25, 0.3) is 0 Å². The number of rotatable bonds is 47. The van der Waals surface area contributed by atoms with Crippen LogP contribution in [0, 0.1) is 0 Å². The number of allylic oxidation sites excluding steroid dienone is 16. The zero-order valence-corrected chi connectivity index (χ0v) is 44.0. The van der Waals surface area contributed by atoms with E-state index in [4.69, 9.17) is 9.05 Å². The first-order valence-electron chi connectivity index (χ1n) is 26.6. The Balaban J connectivity index is 4.36. The van der Waals surface area contributed by atoms with E-state index in [1.807, 2.05) is 21.1 Å². The van der Waals surface area contributed by atoms with Gasteiger partial charge in [0.15, 0.2) is 0 Å². The highest BCUT2D eigenvalue weighted by Gasteiger charge is 2.24. The summed E-state index contributed by atoms with van der Waals surface area (Å²) in [7, 11) is 1.26. The first kappa shape index (κ1) is 63.4. The predicted molar refractivity (Wildman–Crippen MR) is 283 cm³/mol. The zero-order chi connectivity index (χ0) is 48.5. The highest BCUT2D eigenvalue weighted by molar-refractivity contribution is 7.45. The number of aliphatic hydroxyl groups is 1. The topological polar surface area (TPSA) is 108 Å². The van der Waals surface area contributed by atoms with E-state index in [1.54, 1.807) is 0 Å². The van der Waals surface area contributed by atoms with Crippen LogP contribution in [-0.4, -0.2) is 68.5 Å². The molecule has 0 saturated carbocycles. The van der Waals surface area contributed by atoms with Crippen LogP contribution in [0.5, 0.6) is 0 Å². The summed E-state index contributed by atoms with van der Waals surface area (Å²) >= 11 is 0. The Morgan fingerprint density at radius 1 is 0.545 bits per heavy atom. The largest absolute Gasteiger partial charge is 0.756 e. The van der Waals surface area contributed by atoms with Gasteiger partial charge in [-0.2, -0.15) is 0 Å². The summed E-state index contributed by atoms with van der Waals surface area (Å²) in [6, 6.07) is -0.831. The van der Waals surface area contributed by atoms with Crippen LogP contribution in [0.4, 0.5) is 0 Å². The molecule has 0 aromatic carbocycles. The minimum atomic E-state index is -4.59. The summed E-state index contributed by atoms with van der Waals surface area (Å²) in [6.07, 6.45) is 67.1. The number of nitrogens with zero attached hydrogens (tertiary/aromatic N) is 1. The van der Waals surface area contributed by atoms with E-state index in [-0.39, 0.29) is 19.1 Å². The first-order chi connectivity index (χ1) is 32.0. The second kappa shape index (κ2) is 47.5. The molecule has 0 aromatic heterocycles. The average molecular weight is 941 g/mol. The van der Waals surface area contributed by atoms with E-state index in [1.165, 1.54) is 89.9 Å². The summed E-state index contributed by atoms with van der Waals surface area (Å²) in [5, 5.41) is 14.0. The third kappa shape index (κ3) is 49.3. The third-order valence-corrected chi connectivity index (χ3v) is 12.3. The van der Waals surface area contributed by atoms with Crippen LogP contribution in [0.3, 0.4) is 0 Å². The van der Waals surface area contributed by atoms with Crippen LogP contribution in [0.1, 0.15) is 206 Å². The molecule has 0 spiro atoms. The number of aliphatic hydroxyl groups excluding tert-OH is 1. The van der Waals surface area contributed by atoms with Gasteiger partial charge in [-0.3, -0.25) is 9.36 Å². The van der Waals surface area contributed by atoms with Crippen LogP contribution in [-0.2, 0) is 18.4 Å². The molecule has 380 valence electrons. The Bertz CT molecular complexity index is 1390. The molecule has 1 amide bonds. The lowest BCUT2D eigenvalue weighted by Crippen LogP contribution is -2.46. The van der Waals surface area contributed by atoms with Gasteiger partial charge in [-0.25, -0.2) is 0 Å². The molecule has 9 heteroatoms. The van der Waals surface area contributed by atoms with Gasteiger partial charge < -0.3 is 28.8 Å². The van der Waals surface area contributed by atoms with E-state index >= 15 is 0 Å². The standard InChI is InChI=1S/C57H101N2O6P/c1-6-8-10-12-14-16-18-20-22-24-25-26-27-28-29-30-31-32-33-35-37-39-41-43-45-47-49-51-57(61)58-55(54-65-66(62,63)64-53-52-59(3,4)5)56(60)50-48-46-44-42-40-38-36-34-23-21-19-17-15-13-11-9-7-2/h8,10,14,16,20,22,25-26,28-29,31-32,35,37,41,43,55-56,60H,6-7,9,11-13,15,17-19,21,23-24,27,30,33-34,36,38-40,42,44-54H2,1-5H3,(H-,58,61,62,63)/b10-8-,16-14-,22-20-,26-25-,29-28-,32-31-,37-35-,43-41-. The Labute approximate surface area is 407 Å². The maximum Gasteiger partial charge on any atom is 0.268 e. The molecular formula is C57H101N2O6P. The van der Waals surface area contributed by atoms with Crippen molar-refractivity contribution < 1.29 is 32.9 Å². The van der Waals surface area contributed by atoms with Crippen molar-refractivity contribution in [2.75, 3.05) is 40.9 Å².